The molecule has 1 N–H and O–H groups in total. The van der Waals surface area contributed by atoms with E-state index in [0.717, 1.165) is 17.0 Å². The molecule has 0 aliphatic heterocycles. The molecule has 0 saturated heterocycles. The maximum absolute atomic E-state index is 14.2. The number of rotatable bonds is 10. The number of furan rings is 1. The first-order chi connectivity index (χ1) is 21.2. The van der Waals surface area contributed by atoms with Crippen molar-refractivity contribution in [2.75, 3.05) is 25.5 Å². The second kappa shape index (κ2) is 13.2. The quantitative estimate of drug-likeness (QED) is 0.201. The number of benzene rings is 4. The van der Waals surface area contributed by atoms with Crippen molar-refractivity contribution in [2.45, 2.75) is 6.54 Å². The van der Waals surface area contributed by atoms with Crippen LogP contribution in [0.2, 0.25) is 0 Å². The minimum absolute atomic E-state index is 0.0383. The lowest BCUT2D eigenvalue weighted by atomic mass is 10.2. The highest BCUT2D eigenvalue weighted by molar-refractivity contribution is 6.01. The van der Waals surface area contributed by atoms with Crippen molar-refractivity contribution in [1.29, 1.82) is 0 Å². The predicted octanol–water partition coefficient (Wildman–Crippen LogP) is 6.38. The normalized spacial score (nSPS) is 10.8. The molecule has 5 rings (SSSR count). The SMILES string of the molecule is CN(Cc1ccccc1F)C(=O)CN(CC(=O)Nc1ccc(Oc2ccc(F)c(F)c2)cc1)C(=O)c1cc2ccccc2o1. The number of halogens is 3. The van der Waals surface area contributed by atoms with Gasteiger partial charge in [-0.2, -0.15) is 0 Å². The van der Waals surface area contributed by atoms with Crippen LogP contribution in [-0.2, 0) is 16.1 Å². The summed E-state index contributed by atoms with van der Waals surface area (Å²) in [5.74, 6) is -3.99. The molecule has 4 aromatic carbocycles. The number of hydrogen-bond donors (Lipinski definition) is 1. The summed E-state index contributed by atoms with van der Waals surface area (Å²) in [5.41, 5.74) is 1.12. The van der Waals surface area contributed by atoms with Crippen molar-refractivity contribution < 1.29 is 36.7 Å². The molecule has 11 heteroatoms. The van der Waals surface area contributed by atoms with Crippen LogP contribution in [0, 0.1) is 17.5 Å². The van der Waals surface area contributed by atoms with Gasteiger partial charge in [0.05, 0.1) is 0 Å². The maximum Gasteiger partial charge on any atom is 0.290 e. The number of likely N-dealkylation sites (N-methyl/N-ethyl adjacent to an activating group) is 1. The molecule has 224 valence electrons. The average molecular weight is 602 g/mol. The van der Waals surface area contributed by atoms with Gasteiger partial charge in [-0.1, -0.05) is 36.4 Å². The van der Waals surface area contributed by atoms with Crippen LogP contribution in [0.5, 0.6) is 11.5 Å². The third kappa shape index (κ3) is 7.24. The molecule has 5 aromatic rings. The largest absolute Gasteiger partial charge is 0.457 e. The number of carbonyl (C=O) groups excluding carboxylic acids is 3. The Hall–Kier alpha value is -5.58. The van der Waals surface area contributed by atoms with Crippen molar-refractivity contribution in [3.8, 4) is 11.5 Å². The fraction of sp³-hybridized carbons (Fsp3) is 0.121. The minimum atomic E-state index is -1.05. The summed E-state index contributed by atoms with van der Waals surface area (Å²) in [4.78, 5) is 42.0. The Labute approximate surface area is 250 Å². The Balaban J connectivity index is 1.28. The molecule has 0 spiro atoms. The Bertz CT molecular complexity index is 1790. The molecular weight excluding hydrogens is 575 g/mol. The second-order valence-corrected chi connectivity index (χ2v) is 9.90. The van der Waals surface area contributed by atoms with E-state index in [2.05, 4.69) is 5.32 Å². The molecule has 0 aliphatic carbocycles. The van der Waals surface area contributed by atoms with Crippen molar-refractivity contribution >= 4 is 34.4 Å². The monoisotopic (exact) mass is 601 g/mol. The number of hydrogen-bond acceptors (Lipinski definition) is 5. The molecule has 3 amide bonds. The Morgan fingerprint density at radius 2 is 1.48 bits per heavy atom. The first kappa shape index (κ1) is 29.9. The molecule has 0 saturated carbocycles. The zero-order chi connectivity index (χ0) is 31.2. The smallest absolute Gasteiger partial charge is 0.290 e. The van der Waals surface area contributed by atoms with Crippen LogP contribution < -0.4 is 10.1 Å². The lowest BCUT2D eigenvalue weighted by Crippen LogP contribution is -2.44. The van der Waals surface area contributed by atoms with Crippen LogP contribution in [-0.4, -0.2) is 47.7 Å². The standard InChI is InChI=1S/C33H26F3N3O5/c1-38(18-22-7-2-4-8-26(22)34)32(41)20-39(33(42)30-16-21-6-3-5-9-29(21)44-30)19-31(40)37-23-10-12-24(13-11-23)43-25-14-15-27(35)28(36)17-25/h2-17H,18-20H2,1H3,(H,37,40). The molecule has 0 unspecified atom stereocenters. The molecular formula is C33H26F3N3O5. The summed E-state index contributed by atoms with van der Waals surface area (Å²) < 4.78 is 52.0. The molecule has 0 radical (unpaired) electrons. The molecule has 0 atom stereocenters. The molecule has 0 aliphatic rings. The summed E-state index contributed by atoms with van der Waals surface area (Å²) in [6, 6.07) is 23.7. The third-order valence-electron chi connectivity index (χ3n) is 6.64. The highest BCUT2D eigenvalue weighted by atomic mass is 19.2. The van der Waals surface area contributed by atoms with Gasteiger partial charge in [0.25, 0.3) is 5.91 Å². The van der Waals surface area contributed by atoms with Crippen molar-refractivity contribution in [2.24, 2.45) is 0 Å². The zero-order valence-electron chi connectivity index (χ0n) is 23.4. The molecule has 0 bridgehead atoms. The van der Waals surface area contributed by atoms with E-state index in [0.29, 0.717) is 28.0 Å². The summed E-state index contributed by atoms with van der Waals surface area (Å²) in [5, 5.41) is 3.33. The number of amides is 3. The van der Waals surface area contributed by atoms with Gasteiger partial charge < -0.3 is 24.3 Å². The van der Waals surface area contributed by atoms with Gasteiger partial charge in [0.1, 0.15) is 36.0 Å². The van der Waals surface area contributed by atoms with Crippen LogP contribution in [0.1, 0.15) is 16.1 Å². The number of nitrogens with zero attached hydrogens (tertiary/aromatic N) is 2. The molecule has 1 aromatic heterocycles. The third-order valence-corrected chi connectivity index (χ3v) is 6.64. The first-order valence-corrected chi connectivity index (χ1v) is 13.4. The van der Waals surface area contributed by atoms with E-state index in [1.807, 2.05) is 0 Å². The van der Waals surface area contributed by atoms with E-state index in [-0.39, 0.29) is 18.1 Å². The molecule has 0 fully saturated rings. The molecule has 8 nitrogen and oxygen atoms in total. The molecule has 44 heavy (non-hydrogen) atoms. The van der Waals surface area contributed by atoms with Gasteiger partial charge in [0.15, 0.2) is 17.4 Å². The van der Waals surface area contributed by atoms with E-state index >= 15 is 0 Å². The van der Waals surface area contributed by atoms with Crippen molar-refractivity contribution in [3.63, 3.8) is 0 Å². The minimum Gasteiger partial charge on any atom is -0.457 e. The van der Waals surface area contributed by atoms with E-state index in [9.17, 15) is 27.6 Å². The van der Waals surface area contributed by atoms with E-state index in [1.165, 1.54) is 54.4 Å². The first-order valence-electron chi connectivity index (χ1n) is 13.4. The van der Waals surface area contributed by atoms with Gasteiger partial charge in [-0.25, -0.2) is 13.2 Å². The summed E-state index contributed by atoms with van der Waals surface area (Å²) in [6.45, 7) is -1.01. The lowest BCUT2D eigenvalue weighted by molar-refractivity contribution is -0.131. The zero-order valence-corrected chi connectivity index (χ0v) is 23.4. The van der Waals surface area contributed by atoms with E-state index in [4.69, 9.17) is 9.15 Å². The van der Waals surface area contributed by atoms with Crippen molar-refractivity contribution in [3.05, 3.63) is 126 Å². The van der Waals surface area contributed by atoms with Crippen LogP contribution in [0.3, 0.4) is 0 Å². The van der Waals surface area contributed by atoms with Crippen LogP contribution in [0.25, 0.3) is 11.0 Å². The number of anilines is 1. The van der Waals surface area contributed by atoms with Crippen LogP contribution in [0.15, 0.2) is 101 Å². The topological polar surface area (TPSA) is 92.1 Å². The Morgan fingerprint density at radius 1 is 0.773 bits per heavy atom. The van der Waals surface area contributed by atoms with Crippen LogP contribution >= 0.6 is 0 Å². The number of para-hydroxylation sites is 1. The average Bonchev–Trinajstić information content (AvgIpc) is 3.45. The predicted molar refractivity (Wildman–Crippen MR) is 156 cm³/mol. The number of carbonyl (C=O) groups is 3. The lowest BCUT2D eigenvalue weighted by Gasteiger charge is -2.24. The maximum atomic E-state index is 14.2. The molecule has 1 heterocycles. The fourth-order valence-electron chi connectivity index (χ4n) is 4.35. The van der Waals surface area contributed by atoms with Gasteiger partial charge in [-0.3, -0.25) is 14.4 Å². The van der Waals surface area contributed by atoms with Gasteiger partial charge in [0.2, 0.25) is 11.8 Å². The fourth-order valence-corrected chi connectivity index (χ4v) is 4.35. The number of fused-ring (bicyclic) bond motifs is 1. The second-order valence-electron chi connectivity index (χ2n) is 9.90. The number of nitrogens with one attached hydrogen (secondary N) is 1. The van der Waals surface area contributed by atoms with Gasteiger partial charge in [0, 0.05) is 36.3 Å². The van der Waals surface area contributed by atoms with Gasteiger partial charge >= 0.3 is 0 Å². The van der Waals surface area contributed by atoms with Crippen LogP contribution in [0.4, 0.5) is 18.9 Å². The highest BCUT2D eigenvalue weighted by Crippen LogP contribution is 2.25. The Kier molecular flexibility index (Phi) is 8.94. The summed E-state index contributed by atoms with van der Waals surface area (Å²) in [6.07, 6.45) is 0. The summed E-state index contributed by atoms with van der Waals surface area (Å²) in [7, 11) is 1.47. The van der Waals surface area contributed by atoms with Gasteiger partial charge in [-0.15, -0.1) is 0 Å². The Morgan fingerprint density at radius 3 is 2.20 bits per heavy atom. The van der Waals surface area contributed by atoms with Gasteiger partial charge in [-0.05, 0) is 54.6 Å². The van der Waals surface area contributed by atoms with E-state index < -0.39 is 48.3 Å². The summed E-state index contributed by atoms with van der Waals surface area (Å²) >= 11 is 0. The van der Waals surface area contributed by atoms with E-state index in [1.54, 1.807) is 42.5 Å². The number of ether oxygens (including phenoxy) is 1. The highest BCUT2D eigenvalue weighted by Gasteiger charge is 2.26. The van der Waals surface area contributed by atoms with Crippen molar-refractivity contribution in [1.82, 2.24) is 9.80 Å².